The normalized spacial score (nSPS) is 17.3. The molecule has 0 radical (unpaired) electrons. The number of nitrogens with zero attached hydrogens (tertiary/aromatic N) is 1. The zero-order chi connectivity index (χ0) is 28.7. The molecule has 1 unspecified atom stereocenters. The molecule has 2 aromatic carbocycles. The van der Waals surface area contributed by atoms with Gasteiger partial charge in [-0.25, -0.2) is 9.38 Å². The Bertz CT molecular complexity index is 1210. The molecule has 39 heavy (non-hydrogen) atoms. The predicted molar refractivity (Wildman–Crippen MR) is 153 cm³/mol. The van der Waals surface area contributed by atoms with E-state index in [9.17, 15) is 14.0 Å². The summed E-state index contributed by atoms with van der Waals surface area (Å²) in [5.41, 5.74) is 1.30. The molecule has 9 nitrogen and oxygen atoms in total. The van der Waals surface area contributed by atoms with Crippen molar-refractivity contribution < 1.29 is 28.2 Å². The molecule has 0 aromatic heterocycles. The number of ether oxygens (including phenoxy) is 3. The molecule has 1 aliphatic rings. The number of likely N-dealkylation sites (N-methyl/N-ethyl adjacent to an activating group) is 1. The summed E-state index contributed by atoms with van der Waals surface area (Å²) in [6.45, 7) is 10.4. The van der Waals surface area contributed by atoms with Gasteiger partial charge in [0, 0.05) is 43.9 Å². The molecule has 2 aromatic rings. The molecule has 0 bridgehead atoms. The number of nitrogens with one attached hydrogen (secondary N) is 3. The number of aldehydes is 1. The lowest BCUT2D eigenvalue weighted by atomic mass is 10.0. The van der Waals surface area contributed by atoms with E-state index in [-0.39, 0.29) is 23.1 Å². The Hall–Kier alpha value is -3.60. The van der Waals surface area contributed by atoms with E-state index in [1.807, 2.05) is 7.05 Å². The van der Waals surface area contributed by atoms with Crippen LogP contribution in [0.1, 0.15) is 33.1 Å². The summed E-state index contributed by atoms with van der Waals surface area (Å²) >= 11 is 0. The Balaban J connectivity index is 0.000000499. The third-order valence-electron chi connectivity index (χ3n) is 5.75. The second-order valence-electron chi connectivity index (χ2n) is 9.07. The Morgan fingerprint density at radius 1 is 1.21 bits per heavy atom. The van der Waals surface area contributed by atoms with E-state index < -0.39 is 11.7 Å². The van der Waals surface area contributed by atoms with E-state index in [0.717, 1.165) is 13.2 Å². The standard InChI is InChI=1S/C22H24FN3O4.C7H15NO/c1-4-24-22(21-15(2)13-18(14-19(21)23)30-12-11-29-3)26-17-7-5-16(6-8-17)25-20(28)9-10-27;1-7(6-8-2)4-3-5-9-7/h4-8,10,13-14,26H,2,9,11-12H2,1,3H3,(H,25,28);8H,3-6H2,1-2H3/b22-21-,24-4-;. The first-order valence-electron chi connectivity index (χ1n) is 12.8. The van der Waals surface area contributed by atoms with E-state index >= 15 is 0 Å². The van der Waals surface area contributed by atoms with Gasteiger partial charge in [-0.1, -0.05) is 6.58 Å². The number of halogens is 1. The van der Waals surface area contributed by atoms with Crippen LogP contribution < -0.4 is 31.1 Å². The largest absolute Gasteiger partial charge is 0.491 e. The quantitative estimate of drug-likeness (QED) is 0.164. The monoisotopic (exact) mass is 542 g/mol. The lowest BCUT2D eigenvalue weighted by Crippen LogP contribution is -2.35. The summed E-state index contributed by atoms with van der Waals surface area (Å²) in [5, 5.41) is 9.42. The number of anilines is 2. The van der Waals surface area contributed by atoms with Crippen LogP contribution in [-0.2, 0) is 19.1 Å². The van der Waals surface area contributed by atoms with E-state index in [1.165, 1.54) is 25.1 Å². The predicted octanol–water partition coefficient (Wildman–Crippen LogP) is 2.83. The highest BCUT2D eigenvalue weighted by Gasteiger charge is 2.28. The summed E-state index contributed by atoms with van der Waals surface area (Å²) in [6, 6.07) is 9.62. The fraction of sp³-hybridized carbons (Fsp3) is 0.414. The molecule has 0 spiro atoms. The number of hydrogen-bond donors (Lipinski definition) is 3. The molecule has 3 rings (SSSR count). The number of aliphatic imine (C=N–C) groups is 1. The SMILES string of the molecule is C=c1cc(OCCOC)cc(F)/c1=C(/N=C\C)Nc1ccc(NC(=O)CC=O)cc1.CNCC1(C)CCCO1. The van der Waals surface area contributed by atoms with Crippen molar-refractivity contribution in [2.45, 2.75) is 38.7 Å². The summed E-state index contributed by atoms with van der Waals surface area (Å²) in [6.07, 6.45) is 4.29. The van der Waals surface area contributed by atoms with E-state index in [0.29, 0.717) is 41.8 Å². The lowest BCUT2D eigenvalue weighted by Gasteiger charge is -2.21. The van der Waals surface area contributed by atoms with Crippen molar-refractivity contribution in [2.24, 2.45) is 4.99 Å². The van der Waals surface area contributed by atoms with Crippen LogP contribution in [0.15, 0.2) is 41.4 Å². The number of carbonyl (C=O) groups is 2. The maximum absolute atomic E-state index is 14.8. The minimum atomic E-state index is -0.527. The molecule has 0 aliphatic carbocycles. The summed E-state index contributed by atoms with van der Waals surface area (Å²) in [5.74, 6) is -0.291. The highest BCUT2D eigenvalue weighted by molar-refractivity contribution is 5.98. The first-order chi connectivity index (χ1) is 18.7. The molecule has 1 fully saturated rings. The van der Waals surface area contributed by atoms with Gasteiger partial charge in [0.2, 0.25) is 5.91 Å². The second kappa shape index (κ2) is 16.4. The van der Waals surface area contributed by atoms with Crippen LogP contribution in [0.3, 0.4) is 0 Å². The first kappa shape index (κ1) is 31.6. The van der Waals surface area contributed by atoms with Crippen LogP contribution in [0, 0.1) is 5.82 Å². The van der Waals surface area contributed by atoms with Gasteiger partial charge in [-0.3, -0.25) is 4.79 Å². The molecule has 10 heteroatoms. The van der Waals surface area contributed by atoms with Crippen LogP contribution >= 0.6 is 0 Å². The molecule has 1 amide bonds. The molecule has 212 valence electrons. The maximum Gasteiger partial charge on any atom is 0.231 e. The number of benzene rings is 2. The molecule has 1 heterocycles. The van der Waals surface area contributed by atoms with E-state index in [4.69, 9.17) is 14.2 Å². The third-order valence-corrected chi connectivity index (χ3v) is 5.75. The zero-order valence-electron chi connectivity index (χ0n) is 23.1. The maximum atomic E-state index is 14.8. The van der Waals surface area contributed by atoms with Crippen LogP contribution in [0.25, 0.3) is 12.4 Å². The van der Waals surface area contributed by atoms with Gasteiger partial charge in [-0.2, -0.15) is 0 Å². The molecule has 1 saturated heterocycles. The Morgan fingerprint density at radius 2 is 1.90 bits per heavy atom. The highest BCUT2D eigenvalue weighted by Crippen LogP contribution is 2.23. The average molecular weight is 543 g/mol. The Labute approximate surface area is 229 Å². The van der Waals surface area contributed by atoms with Crippen molar-refractivity contribution in [1.29, 1.82) is 0 Å². The fourth-order valence-electron chi connectivity index (χ4n) is 3.93. The van der Waals surface area contributed by atoms with Gasteiger partial charge in [0.25, 0.3) is 0 Å². The topological polar surface area (TPSA) is 110 Å². The minimum absolute atomic E-state index is 0.134. The number of hydrogen-bond acceptors (Lipinski definition) is 8. The summed E-state index contributed by atoms with van der Waals surface area (Å²) < 4.78 is 30.7. The van der Waals surface area contributed by atoms with Gasteiger partial charge in [0.15, 0.2) is 0 Å². The van der Waals surface area contributed by atoms with Crippen molar-refractivity contribution in [1.82, 2.24) is 5.32 Å². The van der Waals surface area contributed by atoms with Crippen molar-refractivity contribution in [3.63, 3.8) is 0 Å². The molecule has 1 aliphatic heterocycles. The van der Waals surface area contributed by atoms with Crippen LogP contribution in [0.5, 0.6) is 5.75 Å². The fourth-order valence-corrected chi connectivity index (χ4v) is 3.93. The molecule has 0 saturated carbocycles. The highest BCUT2D eigenvalue weighted by atomic mass is 19.1. The van der Waals surface area contributed by atoms with E-state index in [2.05, 4.69) is 34.4 Å². The van der Waals surface area contributed by atoms with Crippen LogP contribution in [0.2, 0.25) is 0 Å². The summed E-state index contributed by atoms with van der Waals surface area (Å²) in [7, 11) is 3.52. The first-order valence-corrected chi connectivity index (χ1v) is 12.8. The molecular formula is C29H39FN4O5. The minimum Gasteiger partial charge on any atom is -0.491 e. The van der Waals surface area contributed by atoms with Crippen molar-refractivity contribution >= 4 is 42.2 Å². The third kappa shape index (κ3) is 10.6. The number of methoxy groups -OCH3 is 1. The van der Waals surface area contributed by atoms with Gasteiger partial charge >= 0.3 is 0 Å². The summed E-state index contributed by atoms with van der Waals surface area (Å²) in [4.78, 5) is 26.1. The van der Waals surface area contributed by atoms with Gasteiger partial charge in [0.1, 0.15) is 30.3 Å². The Morgan fingerprint density at radius 3 is 2.44 bits per heavy atom. The number of amides is 1. The van der Waals surface area contributed by atoms with Crippen molar-refractivity contribution in [2.75, 3.05) is 51.2 Å². The number of rotatable bonds is 12. The number of carbonyl (C=O) groups excluding carboxylic acids is 2. The van der Waals surface area contributed by atoms with Crippen molar-refractivity contribution in [3.8, 4) is 5.75 Å². The second-order valence-corrected chi connectivity index (χ2v) is 9.07. The van der Waals surface area contributed by atoms with Crippen LogP contribution in [0.4, 0.5) is 15.8 Å². The van der Waals surface area contributed by atoms with Gasteiger partial charge in [0.05, 0.1) is 23.8 Å². The zero-order valence-corrected chi connectivity index (χ0v) is 23.1. The smallest absolute Gasteiger partial charge is 0.231 e. The molecular weight excluding hydrogens is 503 g/mol. The average Bonchev–Trinajstić information content (AvgIpc) is 3.32. The molecule has 1 atom stereocenters. The van der Waals surface area contributed by atoms with Gasteiger partial charge in [-0.15, -0.1) is 0 Å². The van der Waals surface area contributed by atoms with E-state index in [1.54, 1.807) is 44.4 Å². The van der Waals surface area contributed by atoms with Crippen molar-refractivity contribution in [3.05, 3.63) is 52.7 Å². The van der Waals surface area contributed by atoms with Crippen LogP contribution in [-0.4, -0.2) is 64.5 Å². The van der Waals surface area contributed by atoms with Gasteiger partial charge < -0.3 is 35.0 Å². The van der Waals surface area contributed by atoms with Gasteiger partial charge in [-0.05, 0) is 69.3 Å². The Kier molecular flexibility index (Phi) is 13.3. The lowest BCUT2D eigenvalue weighted by molar-refractivity contribution is -0.119. The molecule has 3 N–H and O–H groups in total.